The van der Waals surface area contributed by atoms with Gasteiger partial charge < -0.3 is 19.6 Å². The van der Waals surface area contributed by atoms with Crippen LogP contribution in [0.4, 0.5) is 6.01 Å². The first-order chi connectivity index (χ1) is 15.3. The zero-order valence-corrected chi connectivity index (χ0v) is 20.1. The van der Waals surface area contributed by atoms with Gasteiger partial charge in [-0.25, -0.2) is 4.98 Å². The maximum Gasteiger partial charge on any atom is 0.297 e. The molecule has 4 aromatic rings. The van der Waals surface area contributed by atoms with Gasteiger partial charge in [0, 0.05) is 30.6 Å². The van der Waals surface area contributed by atoms with Crippen LogP contribution in [-0.2, 0) is 6.42 Å². The molecule has 3 aromatic heterocycles. The molecule has 2 N–H and O–H groups in total. The molecule has 1 amide bonds. The lowest BCUT2D eigenvalue weighted by molar-refractivity contribution is 0.0955. The summed E-state index contributed by atoms with van der Waals surface area (Å²) in [5.41, 5.74) is 2.58. The predicted octanol–water partition coefficient (Wildman–Crippen LogP) is 4.31. The molecule has 0 aliphatic rings. The molecule has 0 bridgehead atoms. The van der Waals surface area contributed by atoms with E-state index in [-0.39, 0.29) is 11.3 Å². The first-order valence-corrected chi connectivity index (χ1v) is 11.2. The van der Waals surface area contributed by atoms with E-state index >= 15 is 0 Å². The maximum absolute atomic E-state index is 12.4. The molecule has 32 heavy (non-hydrogen) atoms. The summed E-state index contributed by atoms with van der Waals surface area (Å²) in [6.07, 6.45) is 0.702. The van der Waals surface area contributed by atoms with Gasteiger partial charge in [0.2, 0.25) is 17.4 Å². The quantitative estimate of drug-likeness (QED) is 0.200. The van der Waals surface area contributed by atoms with E-state index < -0.39 is 0 Å². The maximum atomic E-state index is 12.4. The normalized spacial score (nSPS) is 11.6. The number of hydrogen-bond donors (Lipinski definition) is 2. The highest BCUT2D eigenvalue weighted by molar-refractivity contribution is 14.1. The van der Waals surface area contributed by atoms with E-state index in [9.17, 15) is 4.79 Å². The number of hydrogen-bond acceptors (Lipinski definition) is 8. The number of pyridine rings is 1. The number of benzene rings is 1. The second kappa shape index (κ2) is 9.23. The summed E-state index contributed by atoms with van der Waals surface area (Å²) in [6, 6.07) is 11.2. The number of nitrogens with zero attached hydrogens (tertiary/aromatic N) is 4. The van der Waals surface area contributed by atoms with Crippen molar-refractivity contribution in [3.63, 3.8) is 0 Å². The molecule has 166 valence electrons. The number of fused-ring (bicyclic) bond motifs is 1. The fraction of sp³-hybridized carbons (Fsp3) is 0.318. The molecule has 4 rings (SSSR count). The standard InChI is InChI=1S/C22H23IN6O3/c1-22(2,3)12-17-27-18(29-32-17)13-4-6-14(7-5-13)20(30)24-10-11-25-21-28-19-15(31-21)8-9-16(23)26-19/h4-9H,10-12H2,1-3H3,(H,24,30)(H,25,26,28). The highest BCUT2D eigenvalue weighted by Gasteiger charge is 2.17. The van der Waals surface area contributed by atoms with Crippen LogP contribution >= 0.6 is 22.6 Å². The summed E-state index contributed by atoms with van der Waals surface area (Å²) in [5, 5.41) is 9.95. The van der Waals surface area contributed by atoms with E-state index in [0.29, 0.717) is 54.0 Å². The van der Waals surface area contributed by atoms with Gasteiger partial charge in [0.15, 0.2) is 5.58 Å². The molecular formula is C22H23IN6O3. The molecule has 0 atom stereocenters. The molecule has 0 unspecified atom stereocenters. The summed E-state index contributed by atoms with van der Waals surface area (Å²) < 4.78 is 11.8. The third-order valence-electron chi connectivity index (χ3n) is 4.46. The van der Waals surface area contributed by atoms with Crippen molar-refractivity contribution in [3.05, 3.63) is 51.6 Å². The van der Waals surface area contributed by atoms with Crippen LogP contribution in [0.2, 0.25) is 0 Å². The first kappa shape index (κ1) is 22.2. The Hall–Kier alpha value is -3.02. The Kier molecular flexibility index (Phi) is 6.40. The molecule has 3 heterocycles. The zero-order valence-electron chi connectivity index (χ0n) is 18.0. The Morgan fingerprint density at radius 3 is 2.56 bits per heavy atom. The van der Waals surface area contributed by atoms with E-state index in [1.165, 1.54) is 0 Å². The number of amides is 1. The summed E-state index contributed by atoms with van der Waals surface area (Å²) >= 11 is 2.12. The van der Waals surface area contributed by atoms with E-state index in [1.807, 2.05) is 24.3 Å². The minimum Gasteiger partial charge on any atom is -0.422 e. The SMILES string of the molecule is CC(C)(C)Cc1nc(-c2ccc(C(=O)NCCNc3nc4nc(I)ccc4o3)cc2)no1. The van der Waals surface area contributed by atoms with Gasteiger partial charge in [-0.2, -0.15) is 9.97 Å². The minimum absolute atomic E-state index is 0.0662. The van der Waals surface area contributed by atoms with Crippen LogP contribution in [0.15, 0.2) is 45.3 Å². The van der Waals surface area contributed by atoms with Crippen LogP contribution in [0.25, 0.3) is 22.6 Å². The third-order valence-corrected chi connectivity index (χ3v) is 5.06. The number of anilines is 1. The fourth-order valence-electron chi connectivity index (χ4n) is 2.99. The molecule has 0 saturated carbocycles. The Bertz CT molecular complexity index is 1230. The zero-order chi connectivity index (χ0) is 22.7. The molecule has 0 aliphatic heterocycles. The Labute approximate surface area is 198 Å². The molecule has 9 nitrogen and oxygen atoms in total. The van der Waals surface area contributed by atoms with Gasteiger partial charge in [-0.05, 0) is 52.3 Å². The minimum atomic E-state index is -0.173. The highest BCUT2D eigenvalue weighted by Crippen LogP contribution is 2.22. The monoisotopic (exact) mass is 546 g/mol. The summed E-state index contributed by atoms with van der Waals surface area (Å²) in [4.78, 5) is 25.4. The van der Waals surface area contributed by atoms with Crippen molar-refractivity contribution < 1.29 is 13.7 Å². The number of oxazole rings is 1. The molecule has 0 radical (unpaired) electrons. The van der Waals surface area contributed by atoms with Gasteiger partial charge in [0.05, 0.1) is 0 Å². The second-order valence-corrected chi connectivity index (χ2v) is 9.59. The van der Waals surface area contributed by atoms with Gasteiger partial charge in [-0.3, -0.25) is 4.79 Å². The molecule has 0 aliphatic carbocycles. The van der Waals surface area contributed by atoms with Crippen LogP contribution < -0.4 is 10.6 Å². The van der Waals surface area contributed by atoms with E-state index in [2.05, 4.69) is 74.1 Å². The van der Waals surface area contributed by atoms with Gasteiger partial charge in [0.1, 0.15) is 3.70 Å². The van der Waals surface area contributed by atoms with Crippen molar-refractivity contribution in [2.45, 2.75) is 27.2 Å². The van der Waals surface area contributed by atoms with Crippen LogP contribution in [-0.4, -0.2) is 39.1 Å². The second-order valence-electron chi connectivity index (χ2n) is 8.48. The summed E-state index contributed by atoms with van der Waals surface area (Å²) in [6.45, 7) is 7.22. The number of nitrogens with one attached hydrogen (secondary N) is 2. The van der Waals surface area contributed by atoms with E-state index in [4.69, 9.17) is 8.94 Å². The predicted molar refractivity (Wildman–Crippen MR) is 128 cm³/mol. The Balaban J connectivity index is 1.28. The van der Waals surface area contributed by atoms with Crippen molar-refractivity contribution >= 4 is 45.7 Å². The number of carbonyl (C=O) groups is 1. The fourth-order valence-corrected chi connectivity index (χ4v) is 3.40. The van der Waals surface area contributed by atoms with Gasteiger partial charge >= 0.3 is 0 Å². The average molecular weight is 546 g/mol. The highest BCUT2D eigenvalue weighted by atomic mass is 127. The van der Waals surface area contributed by atoms with Crippen molar-refractivity contribution in [3.8, 4) is 11.4 Å². The third kappa shape index (κ3) is 5.61. The largest absolute Gasteiger partial charge is 0.422 e. The first-order valence-electron chi connectivity index (χ1n) is 10.1. The lowest BCUT2D eigenvalue weighted by atomic mass is 9.92. The average Bonchev–Trinajstić information content (AvgIpc) is 3.36. The number of aromatic nitrogens is 4. The van der Waals surface area contributed by atoms with Crippen molar-refractivity contribution in [1.29, 1.82) is 0 Å². The number of carbonyl (C=O) groups excluding carboxylic acids is 1. The molecule has 0 spiro atoms. The topological polar surface area (TPSA) is 119 Å². The van der Waals surface area contributed by atoms with Gasteiger partial charge in [-0.15, -0.1) is 0 Å². The Morgan fingerprint density at radius 2 is 1.81 bits per heavy atom. The van der Waals surface area contributed by atoms with Crippen LogP contribution in [0.3, 0.4) is 0 Å². The lowest BCUT2D eigenvalue weighted by Gasteiger charge is -2.13. The molecule has 0 fully saturated rings. The summed E-state index contributed by atoms with van der Waals surface area (Å²) in [5.74, 6) is 0.947. The molecule has 1 aromatic carbocycles. The summed E-state index contributed by atoms with van der Waals surface area (Å²) in [7, 11) is 0. The van der Waals surface area contributed by atoms with Gasteiger partial charge in [0.25, 0.3) is 11.9 Å². The lowest BCUT2D eigenvalue weighted by Crippen LogP contribution is -2.28. The number of rotatable bonds is 7. The van der Waals surface area contributed by atoms with Crippen LogP contribution in [0.5, 0.6) is 0 Å². The van der Waals surface area contributed by atoms with Gasteiger partial charge in [-0.1, -0.05) is 38.1 Å². The molecular weight excluding hydrogens is 523 g/mol. The van der Waals surface area contributed by atoms with Crippen molar-refractivity contribution in [2.75, 3.05) is 18.4 Å². The Morgan fingerprint density at radius 1 is 1.03 bits per heavy atom. The smallest absolute Gasteiger partial charge is 0.297 e. The number of halogens is 1. The van der Waals surface area contributed by atoms with E-state index in [0.717, 1.165) is 9.26 Å². The molecule has 0 saturated heterocycles. The van der Waals surface area contributed by atoms with Crippen molar-refractivity contribution in [1.82, 2.24) is 25.4 Å². The van der Waals surface area contributed by atoms with Crippen LogP contribution in [0.1, 0.15) is 37.0 Å². The van der Waals surface area contributed by atoms with Crippen molar-refractivity contribution in [2.24, 2.45) is 5.41 Å². The van der Waals surface area contributed by atoms with Crippen LogP contribution in [0, 0.1) is 9.12 Å². The molecule has 10 heteroatoms. The van der Waals surface area contributed by atoms with E-state index in [1.54, 1.807) is 12.1 Å².